The fraction of sp³-hybridized carbons (Fsp3) is 0.417. The molecule has 0 unspecified atom stereocenters. The van der Waals surface area contributed by atoms with Crippen LogP contribution in [0.4, 0.5) is 5.69 Å². The molecule has 0 heterocycles. The summed E-state index contributed by atoms with van der Waals surface area (Å²) < 4.78 is 6.10. The quantitative estimate of drug-likeness (QED) is 0.498. The van der Waals surface area contributed by atoms with Gasteiger partial charge in [-0.15, -0.1) is 0 Å². The van der Waals surface area contributed by atoms with E-state index in [0.29, 0.717) is 16.4 Å². The molecule has 1 saturated carbocycles. The summed E-state index contributed by atoms with van der Waals surface area (Å²) >= 11 is 1.90. The first-order chi connectivity index (χ1) is 9.02. The number of benzene rings is 1. The summed E-state index contributed by atoms with van der Waals surface area (Å²) in [5, 5.41) is 29.6. The summed E-state index contributed by atoms with van der Waals surface area (Å²) in [4.78, 5) is 10.5. The van der Waals surface area contributed by atoms with E-state index in [9.17, 15) is 15.2 Å². The average Bonchev–Trinajstić information content (AvgIpc) is 2.76. The SMILES string of the molecule is N#Cc1cc(I)c(O[C@H]2CCC[C@@H]2O)c([N+](=O)[O-])c1. The molecule has 1 N–H and O–H groups in total. The van der Waals surface area contributed by atoms with Gasteiger partial charge in [0.05, 0.1) is 26.2 Å². The van der Waals surface area contributed by atoms with Gasteiger partial charge in [0.25, 0.3) is 0 Å². The molecule has 1 aromatic rings. The number of aliphatic hydroxyl groups excluding tert-OH is 1. The van der Waals surface area contributed by atoms with Crippen molar-refractivity contribution in [1.29, 1.82) is 5.26 Å². The number of nitro groups is 1. The van der Waals surface area contributed by atoms with Crippen LogP contribution in [0.1, 0.15) is 24.8 Å². The largest absolute Gasteiger partial charge is 0.480 e. The monoisotopic (exact) mass is 374 g/mol. The van der Waals surface area contributed by atoms with Gasteiger partial charge in [-0.1, -0.05) is 0 Å². The molecule has 100 valence electrons. The van der Waals surface area contributed by atoms with Crippen LogP contribution in [-0.2, 0) is 0 Å². The third-order valence-electron chi connectivity index (χ3n) is 3.04. The molecule has 0 aromatic heterocycles. The van der Waals surface area contributed by atoms with E-state index in [-0.39, 0.29) is 17.0 Å². The van der Waals surface area contributed by atoms with Crippen LogP contribution in [0, 0.1) is 25.0 Å². The van der Waals surface area contributed by atoms with Gasteiger partial charge in [0.1, 0.15) is 6.10 Å². The summed E-state index contributed by atoms with van der Waals surface area (Å²) in [5.41, 5.74) is -0.0158. The predicted octanol–water partition coefficient (Wildman–Crippen LogP) is 2.36. The van der Waals surface area contributed by atoms with Crippen molar-refractivity contribution >= 4 is 28.3 Å². The third kappa shape index (κ3) is 2.96. The number of halogens is 1. The van der Waals surface area contributed by atoms with E-state index >= 15 is 0 Å². The summed E-state index contributed by atoms with van der Waals surface area (Å²) in [5.74, 6) is 0.135. The standard InChI is InChI=1S/C12H11IN2O4/c13-8-4-7(6-14)5-9(15(17)18)12(8)19-11-3-1-2-10(11)16/h4-5,10-11,16H,1-3H2/t10-,11-/m0/s1. The minimum absolute atomic E-state index is 0.135. The van der Waals surface area contributed by atoms with E-state index < -0.39 is 17.1 Å². The van der Waals surface area contributed by atoms with Gasteiger partial charge in [-0.05, 0) is 47.9 Å². The van der Waals surface area contributed by atoms with Gasteiger partial charge in [0.2, 0.25) is 5.75 Å². The Kier molecular flexibility index (Phi) is 4.21. The maximum atomic E-state index is 11.0. The van der Waals surface area contributed by atoms with Crippen LogP contribution in [0.25, 0.3) is 0 Å². The Labute approximate surface area is 123 Å². The molecular weight excluding hydrogens is 363 g/mol. The van der Waals surface area contributed by atoms with Gasteiger partial charge in [-0.3, -0.25) is 10.1 Å². The molecule has 1 aliphatic rings. The van der Waals surface area contributed by atoms with Crippen LogP contribution in [0.2, 0.25) is 0 Å². The second-order valence-corrected chi connectivity index (χ2v) is 5.49. The normalized spacial score (nSPS) is 21.9. The van der Waals surface area contributed by atoms with E-state index in [1.165, 1.54) is 12.1 Å². The Morgan fingerprint density at radius 1 is 1.53 bits per heavy atom. The molecule has 0 radical (unpaired) electrons. The maximum absolute atomic E-state index is 11.0. The van der Waals surface area contributed by atoms with E-state index in [4.69, 9.17) is 10.00 Å². The van der Waals surface area contributed by atoms with E-state index in [1.807, 2.05) is 28.7 Å². The molecule has 0 aliphatic heterocycles. The zero-order chi connectivity index (χ0) is 14.0. The first-order valence-electron chi connectivity index (χ1n) is 5.75. The molecule has 0 spiro atoms. The Hall–Kier alpha value is -1.40. The maximum Gasteiger partial charge on any atom is 0.313 e. The molecule has 6 nitrogen and oxygen atoms in total. The first-order valence-corrected chi connectivity index (χ1v) is 6.83. The number of aliphatic hydroxyl groups is 1. The molecule has 1 aromatic carbocycles. The Morgan fingerprint density at radius 3 is 2.79 bits per heavy atom. The molecule has 0 saturated heterocycles. The highest BCUT2D eigenvalue weighted by molar-refractivity contribution is 14.1. The van der Waals surface area contributed by atoms with Crippen molar-refractivity contribution in [2.75, 3.05) is 0 Å². The summed E-state index contributed by atoms with van der Waals surface area (Å²) in [6.45, 7) is 0. The lowest BCUT2D eigenvalue weighted by Gasteiger charge is -2.18. The third-order valence-corrected chi connectivity index (χ3v) is 3.84. The number of nitro benzene ring substituents is 1. The number of rotatable bonds is 3. The molecule has 19 heavy (non-hydrogen) atoms. The molecule has 1 aliphatic carbocycles. The topological polar surface area (TPSA) is 96.4 Å². The van der Waals surface area contributed by atoms with Crippen molar-refractivity contribution in [3.63, 3.8) is 0 Å². The summed E-state index contributed by atoms with van der Waals surface area (Å²) in [6.07, 6.45) is 1.15. The van der Waals surface area contributed by atoms with Gasteiger partial charge in [0.15, 0.2) is 0 Å². The van der Waals surface area contributed by atoms with Crippen LogP contribution in [0.3, 0.4) is 0 Å². The fourth-order valence-corrected chi connectivity index (χ4v) is 2.83. The highest BCUT2D eigenvalue weighted by Crippen LogP contribution is 2.36. The smallest absolute Gasteiger partial charge is 0.313 e. The van der Waals surface area contributed by atoms with Gasteiger partial charge >= 0.3 is 5.69 Å². The number of hydrogen-bond acceptors (Lipinski definition) is 5. The lowest BCUT2D eigenvalue weighted by molar-refractivity contribution is -0.386. The number of hydrogen-bond donors (Lipinski definition) is 1. The second kappa shape index (κ2) is 5.71. The average molecular weight is 374 g/mol. The second-order valence-electron chi connectivity index (χ2n) is 4.33. The molecular formula is C12H11IN2O4. The van der Waals surface area contributed by atoms with Crippen molar-refractivity contribution in [2.24, 2.45) is 0 Å². The lowest BCUT2D eigenvalue weighted by atomic mass is 10.2. The van der Waals surface area contributed by atoms with Crippen molar-refractivity contribution in [1.82, 2.24) is 0 Å². The van der Waals surface area contributed by atoms with Crippen LogP contribution in [-0.4, -0.2) is 22.2 Å². The number of ether oxygens (including phenoxy) is 1. The zero-order valence-corrected chi connectivity index (χ0v) is 12.0. The van der Waals surface area contributed by atoms with Crippen molar-refractivity contribution in [2.45, 2.75) is 31.5 Å². The Bertz CT molecular complexity index is 555. The number of nitriles is 1. The van der Waals surface area contributed by atoms with Crippen LogP contribution in [0.5, 0.6) is 5.75 Å². The molecule has 0 amide bonds. The van der Waals surface area contributed by atoms with Gasteiger partial charge in [-0.25, -0.2) is 0 Å². The Balaban J connectivity index is 2.38. The zero-order valence-electron chi connectivity index (χ0n) is 9.88. The molecule has 2 atom stereocenters. The fourth-order valence-electron chi connectivity index (χ4n) is 2.09. The van der Waals surface area contributed by atoms with Crippen molar-refractivity contribution < 1.29 is 14.8 Å². The lowest BCUT2D eigenvalue weighted by Crippen LogP contribution is -2.26. The minimum atomic E-state index is -0.592. The highest BCUT2D eigenvalue weighted by atomic mass is 127. The number of nitrogens with zero attached hydrogens (tertiary/aromatic N) is 2. The van der Waals surface area contributed by atoms with Crippen molar-refractivity contribution in [3.05, 3.63) is 31.4 Å². The Morgan fingerprint density at radius 2 is 2.26 bits per heavy atom. The molecule has 7 heteroatoms. The van der Waals surface area contributed by atoms with Crippen LogP contribution < -0.4 is 4.74 Å². The predicted molar refractivity (Wildman–Crippen MR) is 74.8 cm³/mol. The van der Waals surface area contributed by atoms with E-state index in [1.54, 1.807) is 0 Å². The minimum Gasteiger partial charge on any atom is -0.480 e. The highest BCUT2D eigenvalue weighted by Gasteiger charge is 2.30. The summed E-state index contributed by atoms with van der Waals surface area (Å²) in [7, 11) is 0. The van der Waals surface area contributed by atoms with E-state index in [2.05, 4.69) is 0 Å². The van der Waals surface area contributed by atoms with Crippen molar-refractivity contribution in [3.8, 4) is 11.8 Å². The summed E-state index contributed by atoms with van der Waals surface area (Å²) in [6, 6.07) is 4.60. The molecule has 1 fully saturated rings. The molecule has 0 bridgehead atoms. The van der Waals surface area contributed by atoms with Gasteiger partial charge < -0.3 is 9.84 Å². The van der Waals surface area contributed by atoms with Gasteiger partial charge in [-0.2, -0.15) is 5.26 Å². The van der Waals surface area contributed by atoms with Gasteiger partial charge in [0, 0.05) is 6.07 Å². The molecule has 2 rings (SSSR count). The van der Waals surface area contributed by atoms with Crippen LogP contribution >= 0.6 is 22.6 Å². The van der Waals surface area contributed by atoms with E-state index in [0.717, 1.165) is 6.42 Å². The van der Waals surface area contributed by atoms with Crippen LogP contribution in [0.15, 0.2) is 12.1 Å². The first kappa shape index (κ1) is 14.0.